The quantitative estimate of drug-likeness (QED) is 0.573. The van der Waals surface area contributed by atoms with E-state index in [9.17, 15) is 4.79 Å². The molecule has 0 saturated heterocycles. The molecule has 0 bridgehead atoms. The maximum atomic E-state index is 12.9. The molecular formula is C19H24NO-. The van der Waals surface area contributed by atoms with Crippen molar-refractivity contribution < 1.29 is 4.79 Å². The van der Waals surface area contributed by atoms with Crippen LogP contribution in [0.2, 0.25) is 0 Å². The lowest BCUT2D eigenvalue weighted by Crippen LogP contribution is -2.45. The van der Waals surface area contributed by atoms with Gasteiger partial charge in [-0.05, 0) is 13.1 Å². The second kappa shape index (κ2) is 5.44. The number of amides is 1. The number of carbonyl (C=O) groups excluding carboxylic acids is 1. The fourth-order valence-corrected chi connectivity index (χ4v) is 2.72. The molecular weight excluding hydrogens is 258 g/mol. The maximum Gasteiger partial charge on any atom is 0.231 e. The Bertz CT molecular complexity index is 678. The van der Waals surface area contributed by atoms with Gasteiger partial charge in [0.05, 0.1) is 0 Å². The molecule has 0 fully saturated rings. The molecule has 0 N–H and O–H groups in total. The van der Waals surface area contributed by atoms with Gasteiger partial charge in [-0.3, -0.25) is 4.79 Å². The third kappa shape index (κ3) is 3.05. The van der Waals surface area contributed by atoms with E-state index in [-0.39, 0.29) is 11.9 Å². The Balaban J connectivity index is 2.67. The van der Waals surface area contributed by atoms with Gasteiger partial charge in [-0.15, -0.1) is 13.0 Å². The molecule has 0 saturated carbocycles. The zero-order valence-electron chi connectivity index (χ0n) is 13.6. The molecule has 0 aliphatic carbocycles. The molecule has 1 heterocycles. The highest BCUT2D eigenvalue weighted by molar-refractivity contribution is 5.86. The summed E-state index contributed by atoms with van der Waals surface area (Å²) >= 11 is 0. The van der Waals surface area contributed by atoms with Crippen molar-refractivity contribution in [2.24, 2.45) is 5.41 Å². The van der Waals surface area contributed by atoms with Crippen LogP contribution in [0.25, 0.3) is 12.3 Å². The van der Waals surface area contributed by atoms with Crippen molar-refractivity contribution in [1.29, 1.82) is 0 Å². The molecule has 112 valence electrons. The first kappa shape index (κ1) is 15.4. The topological polar surface area (TPSA) is 20.3 Å². The van der Waals surface area contributed by atoms with E-state index < -0.39 is 5.41 Å². The van der Waals surface area contributed by atoms with Gasteiger partial charge in [0.1, 0.15) is 0 Å². The zero-order valence-corrected chi connectivity index (χ0v) is 13.6. The average Bonchev–Trinajstić information content (AvgIpc) is 2.51. The van der Waals surface area contributed by atoms with Crippen LogP contribution in [0.1, 0.15) is 34.6 Å². The minimum absolute atomic E-state index is 0.0795. The van der Waals surface area contributed by atoms with Crippen molar-refractivity contribution in [2.75, 3.05) is 0 Å². The van der Waals surface area contributed by atoms with Crippen LogP contribution in [0.3, 0.4) is 0 Å². The van der Waals surface area contributed by atoms with E-state index in [1.165, 1.54) is 0 Å². The van der Waals surface area contributed by atoms with Crippen LogP contribution in [0.5, 0.6) is 0 Å². The van der Waals surface area contributed by atoms with Crippen LogP contribution in [-0.4, -0.2) is 16.8 Å². The smallest absolute Gasteiger partial charge is 0.231 e. The number of fused-ring (bicyclic) bond motifs is 1. The molecule has 2 heteroatoms. The number of rotatable bonds is 1. The highest BCUT2D eigenvalue weighted by atomic mass is 16.2. The summed E-state index contributed by atoms with van der Waals surface area (Å²) < 4.78 is 0. The molecule has 1 aliphatic heterocycles. The molecule has 0 aromatic heterocycles. The molecule has 1 amide bonds. The zero-order chi connectivity index (χ0) is 15.8. The van der Waals surface area contributed by atoms with Gasteiger partial charge in [0.25, 0.3) is 0 Å². The first-order chi connectivity index (χ1) is 9.71. The van der Waals surface area contributed by atoms with E-state index in [2.05, 4.69) is 25.6 Å². The summed E-state index contributed by atoms with van der Waals surface area (Å²) in [4.78, 5) is 14.7. The SMILES string of the molecule is C=C(C)C1[C-](C)C=c2ccccc2=CN1C(=O)C(C)(C)C. The van der Waals surface area contributed by atoms with Crippen LogP contribution < -0.4 is 10.4 Å². The lowest BCUT2D eigenvalue weighted by molar-refractivity contribution is -0.136. The first-order valence-corrected chi connectivity index (χ1v) is 7.32. The van der Waals surface area contributed by atoms with Crippen molar-refractivity contribution in [2.45, 2.75) is 40.7 Å². The third-order valence-corrected chi connectivity index (χ3v) is 3.71. The Hall–Kier alpha value is -1.96. The lowest BCUT2D eigenvalue weighted by Gasteiger charge is -2.40. The standard InChI is InChI=1S/C19H24NO/c1-13(2)17-14(3)11-15-9-7-8-10-16(15)12-20(17)18(21)19(4,5)6/h7-12,17H,1H2,2-6H3/q-1. The van der Waals surface area contributed by atoms with Crippen LogP contribution in [0.4, 0.5) is 0 Å². The highest BCUT2D eigenvalue weighted by Gasteiger charge is 2.31. The molecule has 2 nitrogen and oxygen atoms in total. The van der Waals surface area contributed by atoms with Crippen LogP contribution >= 0.6 is 0 Å². The van der Waals surface area contributed by atoms with Gasteiger partial charge in [0.2, 0.25) is 5.91 Å². The van der Waals surface area contributed by atoms with Gasteiger partial charge in [0.15, 0.2) is 0 Å². The van der Waals surface area contributed by atoms with E-state index in [0.29, 0.717) is 0 Å². The molecule has 21 heavy (non-hydrogen) atoms. The van der Waals surface area contributed by atoms with Crippen LogP contribution in [-0.2, 0) is 4.79 Å². The van der Waals surface area contributed by atoms with Gasteiger partial charge in [-0.1, -0.05) is 56.3 Å². The monoisotopic (exact) mass is 282 g/mol. The summed E-state index contributed by atoms with van der Waals surface area (Å²) in [7, 11) is 0. The van der Waals surface area contributed by atoms with E-state index in [1.54, 1.807) is 0 Å². The Morgan fingerprint density at radius 1 is 1.24 bits per heavy atom. The van der Waals surface area contributed by atoms with Crippen molar-refractivity contribution in [3.05, 3.63) is 52.8 Å². The fraction of sp³-hybridized carbons (Fsp3) is 0.368. The predicted molar refractivity (Wildman–Crippen MR) is 88.4 cm³/mol. The summed E-state index contributed by atoms with van der Waals surface area (Å²) in [6.45, 7) is 14.0. The third-order valence-electron chi connectivity index (χ3n) is 3.71. The summed E-state index contributed by atoms with van der Waals surface area (Å²) in [5.74, 6) is 1.25. The number of hydrogen-bond donors (Lipinski definition) is 0. The van der Waals surface area contributed by atoms with Gasteiger partial charge >= 0.3 is 0 Å². The minimum atomic E-state index is -0.427. The fourth-order valence-electron chi connectivity index (χ4n) is 2.72. The van der Waals surface area contributed by atoms with Crippen molar-refractivity contribution >= 4 is 18.2 Å². The van der Waals surface area contributed by atoms with E-state index >= 15 is 0 Å². The van der Waals surface area contributed by atoms with Crippen molar-refractivity contribution in [1.82, 2.24) is 4.90 Å². The lowest BCUT2D eigenvalue weighted by atomic mass is 9.89. The molecule has 2 rings (SSSR count). The first-order valence-electron chi connectivity index (χ1n) is 7.32. The number of carbonyl (C=O) groups is 1. The Labute approximate surface area is 127 Å². The molecule has 1 atom stereocenters. The second-order valence-electron chi connectivity index (χ2n) is 6.86. The van der Waals surface area contributed by atoms with Gasteiger partial charge in [-0.25, -0.2) is 6.08 Å². The average molecular weight is 282 g/mol. The highest BCUT2D eigenvalue weighted by Crippen LogP contribution is 2.28. The van der Waals surface area contributed by atoms with Crippen molar-refractivity contribution in [3.63, 3.8) is 0 Å². The van der Waals surface area contributed by atoms with E-state index in [1.807, 2.05) is 57.0 Å². The second-order valence-corrected chi connectivity index (χ2v) is 6.86. The predicted octanol–water partition coefficient (Wildman–Crippen LogP) is 2.63. The molecule has 0 radical (unpaired) electrons. The van der Waals surface area contributed by atoms with E-state index in [0.717, 1.165) is 21.9 Å². The van der Waals surface area contributed by atoms with Gasteiger partial charge < -0.3 is 4.90 Å². The van der Waals surface area contributed by atoms with Crippen LogP contribution in [0, 0.1) is 11.3 Å². The molecule has 1 aliphatic rings. The summed E-state index contributed by atoms with van der Waals surface area (Å²) in [6.07, 6.45) is 4.12. The molecule has 1 aromatic carbocycles. The largest absolute Gasteiger partial charge is 0.325 e. The van der Waals surface area contributed by atoms with Gasteiger partial charge in [0, 0.05) is 11.5 Å². The van der Waals surface area contributed by atoms with Gasteiger partial charge in [-0.2, -0.15) is 11.1 Å². The minimum Gasteiger partial charge on any atom is -0.325 e. The number of hydrogen-bond acceptors (Lipinski definition) is 1. The summed E-state index contributed by atoms with van der Waals surface area (Å²) in [6, 6.07) is 8.06. The molecule has 0 spiro atoms. The summed E-state index contributed by atoms with van der Waals surface area (Å²) in [5.41, 5.74) is 0.550. The Morgan fingerprint density at radius 2 is 1.81 bits per heavy atom. The Kier molecular flexibility index (Phi) is 3.99. The van der Waals surface area contributed by atoms with Crippen molar-refractivity contribution in [3.8, 4) is 0 Å². The summed E-state index contributed by atoms with van der Waals surface area (Å²) in [5, 5.41) is 2.21. The van der Waals surface area contributed by atoms with E-state index in [4.69, 9.17) is 0 Å². The normalized spacial score (nSPS) is 18.2. The van der Waals surface area contributed by atoms with Crippen LogP contribution in [0.15, 0.2) is 36.4 Å². The Morgan fingerprint density at radius 3 is 2.33 bits per heavy atom. The maximum absolute atomic E-state index is 12.9. The molecule has 1 unspecified atom stereocenters. The number of benzene rings is 1. The number of nitrogens with zero attached hydrogens (tertiary/aromatic N) is 1. The molecule has 1 aromatic rings.